The number of nitrogens with zero attached hydrogens (tertiary/aromatic N) is 4. The fourth-order valence-corrected chi connectivity index (χ4v) is 3.96. The molecule has 0 radical (unpaired) electrons. The second-order valence-corrected chi connectivity index (χ2v) is 7.69. The summed E-state index contributed by atoms with van der Waals surface area (Å²) < 4.78 is 3.56. The molecular weight excluding hydrogens is 408 g/mol. The number of aromatic nitrogens is 3. The van der Waals surface area contributed by atoms with E-state index in [-0.39, 0.29) is 17.8 Å². The first-order valence-corrected chi connectivity index (χ1v) is 10.3. The highest BCUT2D eigenvalue weighted by molar-refractivity contribution is 7.07. The Balaban J connectivity index is 1.52. The van der Waals surface area contributed by atoms with Gasteiger partial charge in [0, 0.05) is 28.4 Å². The average Bonchev–Trinajstić information content (AvgIpc) is 3.16. The van der Waals surface area contributed by atoms with Gasteiger partial charge in [-0.3, -0.25) is 14.3 Å². The number of fused-ring (bicyclic) bond motifs is 1. The summed E-state index contributed by atoms with van der Waals surface area (Å²) in [6.45, 7) is 0.889. The highest BCUT2D eigenvalue weighted by Crippen LogP contribution is 2.15. The van der Waals surface area contributed by atoms with Gasteiger partial charge in [0.05, 0.1) is 24.8 Å². The van der Waals surface area contributed by atoms with Crippen LogP contribution in [0.2, 0.25) is 5.02 Å². The zero-order valence-electron chi connectivity index (χ0n) is 15.4. The molecule has 0 aliphatic heterocycles. The van der Waals surface area contributed by atoms with Gasteiger partial charge in [0.2, 0.25) is 11.3 Å². The molecule has 0 bridgehead atoms. The Kier molecular flexibility index (Phi) is 5.69. The van der Waals surface area contributed by atoms with E-state index in [1.54, 1.807) is 10.7 Å². The summed E-state index contributed by atoms with van der Waals surface area (Å²) in [6.07, 6.45) is 3.35. The molecule has 0 aliphatic carbocycles. The predicted octanol–water partition coefficient (Wildman–Crippen LogP) is 3.48. The largest absolute Gasteiger partial charge is 0.319 e. The second kappa shape index (κ2) is 8.55. The Morgan fingerprint density at radius 3 is 2.79 bits per heavy atom. The van der Waals surface area contributed by atoms with Crippen molar-refractivity contribution in [3.05, 3.63) is 91.9 Å². The zero-order valence-corrected chi connectivity index (χ0v) is 16.9. The van der Waals surface area contributed by atoms with Gasteiger partial charge in [-0.2, -0.15) is 10.1 Å². The van der Waals surface area contributed by atoms with Crippen molar-refractivity contribution < 1.29 is 4.79 Å². The third kappa shape index (κ3) is 4.36. The summed E-state index contributed by atoms with van der Waals surface area (Å²) in [5.74, 6) is -0.245. The van der Waals surface area contributed by atoms with E-state index in [0.29, 0.717) is 33.8 Å². The van der Waals surface area contributed by atoms with E-state index in [4.69, 9.17) is 11.6 Å². The number of hydrogen-bond acceptors (Lipinski definition) is 4. The van der Waals surface area contributed by atoms with Gasteiger partial charge in [-0.25, -0.2) is 0 Å². The lowest BCUT2D eigenvalue weighted by Gasteiger charge is -2.07. The number of rotatable bonds is 5. The van der Waals surface area contributed by atoms with E-state index < -0.39 is 0 Å². The maximum Gasteiger partial charge on any atom is 0.250 e. The topological polar surface area (TPSA) is 69.2 Å². The van der Waals surface area contributed by atoms with Gasteiger partial charge >= 0.3 is 0 Å². The van der Waals surface area contributed by atoms with E-state index in [1.165, 1.54) is 17.5 Å². The highest BCUT2D eigenvalue weighted by atomic mass is 35.5. The van der Waals surface area contributed by atoms with Crippen molar-refractivity contribution in [3.8, 4) is 0 Å². The molecular formula is C21H17ClN4O2S. The van der Waals surface area contributed by atoms with Gasteiger partial charge in [-0.15, -0.1) is 11.3 Å². The van der Waals surface area contributed by atoms with Crippen LogP contribution in [0.25, 0.3) is 10.9 Å². The minimum absolute atomic E-state index is 0.132. The van der Waals surface area contributed by atoms with E-state index in [9.17, 15) is 9.59 Å². The van der Waals surface area contributed by atoms with Crippen LogP contribution in [0.5, 0.6) is 0 Å². The fraction of sp³-hybridized carbons (Fsp3) is 0.143. The summed E-state index contributed by atoms with van der Waals surface area (Å²) in [5.41, 5.74) is 1.54. The van der Waals surface area contributed by atoms with Crippen molar-refractivity contribution in [1.29, 1.82) is 0 Å². The fourth-order valence-electron chi connectivity index (χ4n) is 3.02. The number of carbonyl (C=O) groups is 1. The summed E-state index contributed by atoms with van der Waals surface area (Å²) in [5, 5.41) is 7.31. The van der Waals surface area contributed by atoms with Crippen LogP contribution in [-0.4, -0.2) is 20.3 Å². The molecule has 0 unspecified atom stereocenters. The smallest absolute Gasteiger partial charge is 0.250 e. The first kappa shape index (κ1) is 19.3. The highest BCUT2D eigenvalue weighted by Gasteiger charge is 2.07. The minimum Gasteiger partial charge on any atom is -0.319 e. The molecule has 0 spiro atoms. The summed E-state index contributed by atoms with van der Waals surface area (Å²) >= 11 is 7.63. The maximum absolute atomic E-state index is 12.5. The number of thiazole rings is 1. The van der Waals surface area contributed by atoms with Crippen LogP contribution in [0, 0.1) is 0 Å². The molecule has 0 saturated heterocycles. The molecule has 2 heterocycles. The molecule has 2 aromatic heterocycles. The molecule has 4 aromatic rings. The van der Waals surface area contributed by atoms with Gasteiger partial charge in [0.15, 0.2) is 4.80 Å². The average molecular weight is 425 g/mol. The minimum atomic E-state index is -0.245. The van der Waals surface area contributed by atoms with Gasteiger partial charge in [0.1, 0.15) is 0 Å². The second-order valence-electron chi connectivity index (χ2n) is 6.41. The molecule has 4 rings (SSSR count). The molecule has 1 amide bonds. The third-order valence-corrected chi connectivity index (χ3v) is 5.64. The number of hydrogen-bond donors (Lipinski definition) is 0. The first-order chi connectivity index (χ1) is 14.1. The van der Waals surface area contributed by atoms with Crippen molar-refractivity contribution >= 4 is 39.7 Å². The molecule has 0 aliphatic rings. The van der Waals surface area contributed by atoms with Gasteiger partial charge in [0.25, 0.3) is 0 Å². The molecule has 6 nitrogen and oxygen atoms in total. The van der Waals surface area contributed by atoms with E-state index >= 15 is 0 Å². The normalized spacial score (nSPS) is 11.8. The van der Waals surface area contributed by atoms with Crippen LogP contribution >= 0.6 is 22.9 Å². The Morgan fingerprint density at radius 1 is 1.14 bits per heavy atom. The number of halogens is 1. The zero-order chi connectivity index (χ0) is 20.2. The molecule has 29 heavy (non-hydrogen) atoms. The van der Waals surface area contributed by atoms with Crippen LogP contribution in [0.3, 0.4) is 0 Å². The van der Waals surface area contributed by atoms with Crippen molar-refractivity contribution in [2.75, 3.05) is 0 Å². The molecule has 8 heteroatoms. The van der Waals surface area contributed by atoms with Gasteiger partial charge < -0.3 is 4.57 Å². The molecule has 146 valence electrons. The van der Waals surface area contributed by atoms with Crippen molar-refractivity contribution in [1.82, 2.24) is 14.3 Å². The molecule has 0 saturated carbocycles. The van der Waals surface area contributed by atoms with Crippen LogP contribution in [0.15, 0.2) is 76.1 Å². The predicted molar refractivity (Wildman–Crippen MR) is 114 cm³/mol. The number of aryl methyl sites for hydroxylation is 1. The molecule has 0 N–H and O–H groups in total. The number of amides is 1. The van der Waals surface area contributed by atoms with Gasteiger partial charge in [-0.1, -0.05) is 41.9 Å². The monoisotopic (exact) mass is 424 g/mol. The van der Waals surface area contributed by atoms with Gasteiger partial charge in [-0.05, 0) is 23.8 Å². The molecule has 2 aromatic carbocycles. The van der Waals surface area contributed by atoms with Crippen molar-refractivity contribution in [2.24, 2.45) is 4.99 Å². The van der Waals surface area contributed by atoms with Crippen LogP contribution in [-0.2, 0) is 17.9 Å². The lowest BCUT2D eigenvalue weighted by molar-refractivity contribution is -0.118. The quantitative estimate of drug-likeness (QED) is 0.492. The van der Waals surface area contributed by atoms with E-state index in [1.807, 2.05) is 58.6 Å². The summed E-state index contributed by atoms with van der Waals surface area (Å²) in [6, 6.07) is 14.8. The van der Waals surface area contributed by atoms with E-state index in [0.717, 1.165) is 5.56 Å². The lowest BCUT2D eigenvalue weighted by atomic mass is 10.2. The Hall–Kier alpha value is -3.03. The number of para-hydroxylation sites is 1. The van der Waals surface area contributed by atoms with Crippen molar-refractivity contribution in [2.45, 2.75) is 19.5 Å². The molecule has 0 atom stereocenters. The van der Waals surface area contributed by atoms with Crippen LogP contribution < -0.4 is 10.2 Å². The third-order valence-electron chi connectivity index (χ3n) is 4.48. The standard InChI is InChI=1S/C21H17ClN4O2S/c22-17-7-3-1-5-15(17)14-25-11-12-29-21(25)24-20(28)9-10-26-18-8-4-2-6-16(18)19(27)13-23-26/h1-8,11-13H,9-10,14H2. The first-order valence-electron chi connectivity index (χ1n) is 9.01. The van der Waals surface area contributed by atoms with Crippen LogP contribution in [0.4, 0.5) is 0 Å². The Morgan fingerprint density at radius 2 is 1.93 bits per heavy atom. The summed E-state index contributed by atoms with van der Waals surface area (Å²) in [7, 11) is 0. The van der Waals surface area contributed by atoms with Crippen LogP contribution in [0.1, 0.15) is 12.0 Å². The Bertz CT molecular complexity index is 1310. The summed E-state index contributed by atoms with van der Waals surface area (Å²) in [4.78, 5) is 29.2. The number of carbonyl (C=O) groups excluding carboxylic acids is 1. The SMILES string of the molecule is O=C(CCn1ncc(=O)c2ccccc21)N=c1sccn1Cc1ccccc1Cl. The van der Waals surface area contributed by atoms with Crippen molar-refractivity contribution in [3.63, 3.8) is 0 Å². The van der Waals surface area contributed by atoms with E-state index in [2.05, 4.69) is 10.1 Å². The Labute approximate surface area is 175 Å². The molecule has 0 fully saturated rings. The lowest BCUT2D eigenvalue weighted by Crippen LogP contribution is -2.18. The number of benzene rings is 2. The maximum atomic E-state index is 12.5.